The highest BCUT2D eigenvalue weighted by Crippen LogP contribution is 2.33. The zero-order valence-corrected chi connectivity index (χ0v) is 20.5. The van der Waals surface area contributed by atoms with Crippen LogP contribution in [0.3, 0.4) is 0 Å². The van der Waals surface area contributed by atoms with Gasteiger partial charge in [-0.2, -0.15) is 18.3 Å². The van der Waals surface area contributed by atoms with E-state index < -0.39 is 17.6 Å². The van der Waals surface area contributed by atoms with E-state index in [1.54, 1.807) is 52.2 Å². The molecule has 1 unspecified atom stereocenters. The van der Waals surface area contributed by atoms with Gasteiger partial charge in [0.05, 0.1) is 30.0 Å². The lowest BCUT2D eigenvalue weighted by atomic mass is 10.1. The number of hydrogen-bond acceptors (Lipinski definition) is 4. The number of rotatable bonds is 5. The highest BCUT2D eigenvalue weighted by atomic mass is 19.4. The molecule has 0 spiro atoms. The Labute approximate surface area is 220 Å². The summed E-state index contributed by atoms with van der Waals surface area (Å²) < 4.78 is 56.6. The highest BCUT2D eigenvalue weighted by molar-refractivity contribution is 6.00. The standard InChI is InChI=1S/C28H22F4N6O/c29-20-8-9-22(33-16-20)23-11-13-36(35-23)17-21-7-4-12-37(21)27(39)26-25(18-5-2-1-3-6-18)34-24-15-19(28(30,31)32)10-14-38(24)26/h1-3,5-6,8-11,13-16,21H,4,7,12,17H2. The Hall–Kier alpha value is -4.54. The number of likely N-dealkylation sites (tertiary alicyclic amines) is 1. The van der Waals surface area contributed by atoms with Crippen molar-refractivity contribution in [3.05, 3.63) is 96.3 Å². The molecule has 1 fully saturated rings. The lowest BCUT2D eigenvalue weighted by Gasteiger charge is -2.25. The Bertz CT molecular complexity index is 1640. The first-order valence-electron chi connectivity index (χ1n) is 12.4. The molecule has 0 radical (unpaired) electrons. The molecule has 0 saturated carbocycles. The number of nitrogens with zero attached hydrogens (tertiary/aromatic N) is 6. The van der Waals surface area contributed by atoms with Gasteiger partial charge in [-0.3, -0.25) is 18.9 Å². The fourth-order valence-electron chi connectivity index (χ4n) is 4.99. The molecule has 1 amide bonds. The Morgan fingerprint density at radius 2 is 1.82 bits per heavy atom. The molecule has 5 aromatic rings. The summed E-state index contributed by atoms with van der Waals surface area (Å²) in [4.78, 5) is 24.3. The van der Waals surface area contributed by atoms with E-state index >= 15 is 0 Å². The smallest absolute Gasteiger partial charge is 0.332 e. The van der Waals surface area contributed by atoms with Crippen molar-refractivity contribution in [2.75, 3.05) is 6.54 Å². The largest absolute Gasteiger partial charge is 0.416 e. The Kier molecular flexibility index (Phi) is 6.13. The molecule has 1 aromatic carbocycles. The third-order valence-corrected chi connectivity index (χ3v) is 6.87. The Balaban J connectivity index is 1.33. The molecule has 4 aromatic heterocycles. The third kappa shape index (κ3) is 4.75. The van der Waals surface area contributed by atoms with E-state index in [1.165, 1.54) is 16.7 Å². The van der Waals surface area contributed by atoms with Crippen molar-refractivity contribution < 1.29 is 22.4 Å². The second-order valence-electron chi connectivity index (χ2n) is 9.40. The molecule has 11 heteroatoms. The van der Waals surface area contributed by atoms with Crippen LogP contribution in [0.4, 0.5) is 17.6 Å². The quantitative estimate of drug-likeness (QED) is 0.271. The van der Waals surface area contributed by atoms with Crippen LogP contribution in [-0.2, 0) is 12.7 Å². The van der Waals surface area contributed by atoms with Crippen LogP contribution in [0, 0.1) is 5.82 Å². The number of fused-ring (bicyclic) bond motifs is 1. The van der Waals surface area contributed by atoms with Gasteiger partial charge in [-0.25, -0.2) is 9.37 Å². The number of alkyl halides is 3. The average molecular weight is 535 g/mol. The second-order valence-corrected chi connectivity index (χ2v) is 9.40. The van der Waals surface area contributed by atoms with Crippen molar-refractivity contribution in [1.82, 2.24) is 29.0 Å². The van der Waals surface area contributed by atoms with E-state index in [-0.39, 0.29) is 23.3 Å². The molecular weight excluding hydrogens is 512 g/mol. The summed E-state index contributed by atoms with van der Waals surface area (Å²) in [6.07, 6.45) is 1.15. The van der Waals surface area contributed by atoms with Crippen LogP contribution in [-0.4, -0.2) is 47.5 Å². The van der Waals surface area contributed by atoms with Gasteiger partial charge in [0.1, 0.15) is 28.5 Å². The summed E-state index contributed by atoms with van der Waals surface area (Å²) in [5.74, 6) is -0.744. The van der Waals surface area contributed by atoms with Crippen molar-refractivity contribution in [3.63, 3.8) is 0 Å². The van der Waals surface area contributed by atoms with Gasteiger partial charge >= 0.3 is 6.18 Å². The number of aromatic nitrogens is 5. The zero-order chi connectivity index (χ0) is 27.1. The lowest BCUT2D eigenvalue weighted by molar-refractivity contribution is -0.137. The van der Waals surface area contributed by atoms with E-state index in [0.29, 0.717) is 35.7 Å². The van der Waals surface area contributed by atoms with Crippen LogP contribution in [0.5, 0.6) is 0 Å². The molecule has 7 nitrogen and oxygen atoms in total. The van der Waals surface area contributed by atoms with Gasteiger partial charge in [0.25, 0.3) is 5.91 Å². The van der Waals surface area contributed by atoms with Crippen molar-refractivity contribution >= 4 is 11.6 Å². The van der Waals surface area contributed by atoms with Gasteiger partial charge in [-0.15, -0.1) is 0 Å². The highest BCUT2D eigenvalue weighted by Gasteiger charge is 2.35. The SMILES string of the molecule is O=C(c1c(-c2ccccc2)nc2cc(C(F)(F)F)ccn12)N1CCCC1Cn1ccc(-c2ccc(F)cn2)n1. The van der Waals surface area contributed by atoms with Gasteiger partial charge in [0.15, 0.2) is 0 Å². The molecule has 6 rings (SSSR count). The van der Waals surface area contributed by atoms with E-state index in [2.05, 4.69) is 15.1 Å². The molecule has 198 valence electrons. The maximum Gasteiger partial charge on any atom is 0.416 e. The number of amides is 1. The zero-order valence-electron chi connectivity index (χ0n) is 20.5. The van der Waals surface area contributed by atoms with Gasteiger partial charge < -0.3 is 4.90 Å². The van der Waals surface area contributed by atoms with Crippen LogP contribution in [0.25, 0.3) is 28.3 Å². The van der Waals surface area contributed by atoms with Crippen molar-refractivity contribution in [3.8, 4) is 22.6 Å². The normalized spacial score (nSPS) is 15.8. The molecule has 0 N–H and O–H groups in total. The summed E-state index contributed by atoms with van der Waals surface area (Å²) in [5, 5.41) is 4.55. The molecule has 1 saturated heterocycles. The van der Waals surface area contributed by atoms with Crippen LogP contribution < -0.4 is 0 Å². The summed E-state index contributed by atoms with van der Waals surface area (Å²) in [6, 6.07) is 15.3. The first kappa shape index (κ1) is 24.8. The number of carbonyl (C=O) groups excluding carboxylic acids is 1. The first-order chi connectivity index (χ1) is 18.8. The first-order valence-corrected chi connectivity index (χ1v) is 12.4. The molecule has 39 heavy (non-hydrogen) atoms. The fraction of sp³-hybridized carbons (Fsp3) is 0.214. The van der Waals surface area contributed by atoms with Crippen molar-refractivity contribution in [2.45, 2.75) is 31.6 Å². The third-order valence-electron chi connectivity index (χ3n) is 6.87. The molecule has 0 bridgehead atoms. The van der Waals surface area contributed by atoms with Crippen molar-refractivity contribution in [1.29, 1.82) is 0 Å². The summed E-state index contributed by atoms with van der Waals surface area (Å²) >= 11 is 0. The monoisotopic (exact) mass is 534 g/mol. The number of imidazole rings is 1. The molecule has 1 aliphatic heterocycles. The molecule has 1 atom stereocenters. The summed E-state index contributed by atoms with van der Waals surface area (Å²) in [6.45, 7) is 0.918. The minimum atomic E-state index is -4.53. The minimum absolute atomic E-state index is 0.0475. The van der Waals surface area contributed by atoms with E-state index in [4.69, 9.17) is 0 Å². The maximum absolute atomic E-state index is 14.0. The van der Waals surface area contributed by atoms with Gasteiger partial charge in [0.2, 0.25) is 0 Å². The van der Waals surface area contributed by atoms with Gasteiger partial charge in [-0.05, 0) is 43.2 Å². The number of pyridine rings is 2. The predicted octanol–water partition coefficient (Wildman–Crippen LogP) is 5.72. The van der Waals surface area contributed by atoms with E-state index in [0.717, 1.165) is 31.2 Å². The van der Waals surface area contributed by atoms with E-state index in [1.807, 2.05) is 6.07 Å². The minimum Gasteiger partial charge on any atom is -0.332 e. The maximum atomic E-state index is 14.0. The van der Waals surface area contributed by atoms with Crippen LogP contribution in [0.2, 0.25) is 0 Å². The molecule has 0 aliphatic carbocycles. The van der Waals surface area contributed by atoms with Crippen LogP contribution in [0.15, 0.2) is 79.3 Å². The number of carbonyl (C=O) groups is 1. The van der Waals surface area contributed by atoms with Crippen LogP contribution in [0.1, 0.15) is 28.9 Å². The number of benzene rings is 1. The predicted molar refractivity (Wildman–Crippen MR) is 135 cm³/mol. The average Bonchev–Trinajstić information content (AvgIpc) is 3.67. The van der Waals surface area contributed by atoms with Crippen LogP contribution >= 0.6 is 0 Å². The van der Waals surface area contributed by atoms with E-state index in [9.17, 15) is 22.4 Å². The fourth-order valence-corrected chi connectivity index (χ4v) is 4.99. The summed E-state index contributed by atoms with van der Waals surface area (Å²) in [5.41, 5.74) is 1.51. The van der Waals surface area contributed by atoms with Gasteiger partial charge in [0, 0.05) is 24.5 Å². The molecular formula is C28H22F4N6O. The summed E-state index contributed by atoms with van der Waals surface area (Å²) in [7, 11) is 0. The lowest BCUT2D eigenvalue weighted by Crippen LogP contribution is -2.39. The Morgan fingerprint density at radius 1 is 1.00 bits per heavy atom. The molecule has 5 heterocycles. The Morgan fingerprint density at radius 3 is 2.56 bits per heavy atom. The number of hydrogen-bond donors (Lipinski definition) is 0. The molecule has 1 aliphatic rings. The number of halogens is 4. The topological polar surface area (TPSA) is 68.3 Å². The van der Waals surface area contributed by atoms with Crippen molar-refractivity contribution in [2.24, 2.45) is 0 Å². The van der Waals surface area contributed by atoms with Gasteiger partial charge in [-0.1, -0.05) is 30.3 Å². The second kappa shape index (κ2) is 9.64.